The van der Waals surface area contributed by atoms with Crippen LogP contribution < -0.4 is 5.32 Å². The first kappa shape index (κ1) is 23.5. The second-order valence-corrected chi connectivity index (χ2v) is 8.98. The van der Waals surface area contributed by atoms with Gasteiger partial charge in [0.2, 0.25) is 5.91 Å². The number of benzene rings is 2. The van der Waals surface area contributed by atoms with Gasteiger partial charge >= 0.3 is 11.9 Å². The minimum atomic E-state index is -0.636. The number of nitrogens with one attached hydrogen (secondary N) is 1. The first-order chi connectivity index (χ1) is 16.4. The van der Waals surface area contributed by atoms with Gasteiger partial charge in [0.1, 0.15) is 0 Å². The SMILES string of the molecule is COC(=O)c1cc(NC(=O)CSc2nnc(-c3csc4ccccc34)n2C)cc(C(=O)OC)c1. The molecule has 2 aromatic heterocycles. The summed E-state index contributed by atoms with van der Waals surface area (Å²) in [7, 11) is 4.32. The molecule has 0 aliphatic rings. The summed E-state index contributed by atoms with van der Waals surface area (Å²) in [5.41, 5.74) is 1.50. The number of aromatic nitrogens is 3. The van der Waals surface area contributed by atoms with Crippen molar-refractivity contribution in [3.8, 4) is 11.4 Å². The van der Waals surface area contributed by atoms with E-state index in [1.807, 2.05) is 35.2 Å². The van der Waals surface area contributed by atoms with Crippen LogP contribution in [0.5, 0.6) is 0 Å². The topological polar surface area (TPSA) is 112 Å². The van der Waals surface area contributed by atoms with E-state index >= 15 is 0 Å². The number of ether oxygens (including phenoxy) is 2. The summed E-state index contributed by atoms with van der Waals surface area (Å²) in [6.07, 6.45) is 0. The summed E-state index contributed by atoms with van der Waals surface area (Å²) in [5, 5.41) is 15.0. The number of thiophene rings is 1. The van der Waals surface area contributed by atoms with Crippen LogP contribution in [0.4, 0.5) is 5.69 Å². The number of nitrogens with zero attached hydrogens (tertiary/aromatic N) is 3. The van der Waals surface area contributed by atoms with Crippen LogP contribution in [0.3, 0.4) is 0 Å². The monoisotopic (exact) mass is 496 g/mol. The van der Waals surface area contributed by atoms with Gasteiger partial charge in [0.05, 0.1) is 31.1 Å². The zero-order chi connectivity index (χ0) is 24.2. The Morgan fingerprint density at radius 3 is 2.38 bits per heavy atom. The molecule has 0 spiro atoms. The lowest BCUT2D eigenvalue weighted by atomic mass is 10.1. The third-order valence-corrected chi connectivity index (χ3v) is 6.93. The van der Waals surface area contributed by atoms with E-state index in [9.17, 15) is 14.4 Å². The fourth-order valence-electron chi connectivity index (χ4n) is 3.32. The van der Waals surface area contributed by atoms with Crippen molar-refractivity contribution in [3.05, 3.63) is 59.0 Å². The summed E-state index contributed by atoms with van der Waals surface area (Å²) in [6.45, 7) is 0. The second kappa shape index (κ2) is 10.1. The molecule has 0 saturated carbocycles. The van der Waals surface area contributed by atoms with Crippen molar-refractivity contribution >= 4 is 56.7 Å². The quantitative estimate of drug-likeness (QED) is 0.302. The number of carbonyl (C=O) groups excluding carboxylic acids is 3. The molecule has 0 radical (unpaired) electrons. The van der Waals surface area contributed by atoms with E-state index in [4.69, 9.17) is 9.47 Å². The smallest absolute Gasteiger partial charge is 0.337 e. The Labute approximate surface area is 203 Å². The Kier molecular flexibility index (Phi) is 6.94. The van der Waals surface area contributed by atoms with Crippen molar-refractivity contribution in [1.29, 1.82) is 0 Å². The summed E-state index contributed by atoms with van der Waals surface area (Å²) < 4.78 is 12.4. The summed E-state index contributed by atoms with van der Waals surface area (Å²) >= 11 is 2.86. The van der Waals surface area contributed by atoms with E-state index < -0.39 is 11.9 Å². The van der Waals surface area contributed by atoms with Crippen molar-refractivity contribution in [1.82, 2.24) is 14.8 Å². The molecular formula is C23H20N4O5S2. The van der Waals surface area contributed by atoms with Gasteiger partial charge in [-0.25, -0.2) is 9.59 Å². The zero-order valence-corrected chi connectivity index (χ0v) is 20.2. The van der Waals surface area contributed by atoms with Gasteiger partial charge in [0.15, 0.2) is 11.0 Å². The maximum atomic E-state index is 12.6. The Hall–Kier alpha value is -3.70. The minimum Gasteiger partial charge on any atom is -0.465 e. The molecule has 9 nitrogen and oxygen atoms in total. The van der Waals surface area contributed by atoms with Crippen molar-refractivity contribution in [2.45, 2.75) is 5.16 Å². The number of amides is 1. The molecule has 174 valence electrons. The van der Waals surface area contributed by atoms with Crippen molar-refractivity contribution in [2.24, 2.45) is 7.05 Å². The molecule has 4 rings (SSSR count). The van der Waals surface area contributed by atoms with Crippen LogP contribution in [0.1, 0.15) is 20.7 Å². The highest BCUT2D eigenvalue weighted by atomic mass is 32.2. The number of thioether (sulfide) groups is 1. The Morgan fingerprint density at radius 1 is 1.03 bits per heavy atom. The molecule has 1 amide bonds. The molecule has 2 aromatic carbocycles. The summed E-state index contributed by atoms with van der Waals surface area (Å²) in [5.74, 6) is -0.847. The van der Waals surface area contributed by atoms with Crippen molar-refractivity contribution < 1.29 is 23.9 Å². The van der Waals surface area contributed by atoms with Crippen LogP contribution in [0.25, 0.3) is 21.5 Å². The lowest BCUT2D eigenvalue weighted by Crippen LogP contribution is -2.16. The molecule has 4 aromatic rings. The first-order valence-electron chi connectivity index (χ1n) is 10.0. The molecule has 0 aliphatic heterocycles. The summed E-state index contributed by atoms with van der Waals surface area (Å²) in [6, 6.07) is 12.3. The van der Waals surface area contributed by atoms with Gasteiger partial charge in [-0.2, -0.15) is 0 Å². The largest absolute Gasteiger partial charge is 0.465 e. The zero-order valence-electron chi connectivity index (χ0n) is 18.5. The van der Waals surface area contributed by atoms with E-state index in [0.29, 0.717) is 11.0 Å². The highest BCUT2D eigenvalue weighted by Crippen LogP contribution is 2.33. The van der Waals surface area contributed by atoms with Crippen LogP contribution in [0, 0.1) is 0 Å². The van der Waals surface area contributed by atoms with Crippen molar-refractivity contribution in [2.75, 3.05) is 25.3 Å². The molecule has 1 N–H and O–H groups in total. The van der Waals surface area contributed by atoms with Gasteiger partial charge in [-0.1, -0.05) is 30.0 Å². The highest BCUT2D eigenvalue weighted by molar-refractivity contribution is 7.99. The third-order valence-electron chi connectivity index (χ3n) is 4.95. The van der Waals surface area contributed by atoms with E-state index in [1.54, 1.807) is 11.3 Å². The van der Waals surface area contributed by atoms with Gasteiger partial charge < -0.3 is 19.4 Å². The predicted octanol–water partition coefficient (Wildman–Crippen LogP) is 4.00. The highest BCUT2D eigenvalue weighted by Gasteiger charge is 2.18. The Morgan fingerprint density at radius 2 is 1.71 bits per heavy atom. The number of methoxy groups -OCH3 is 2. The average molecular weight is 497 g/mol. The van der Waals surface area contributed by atoms with Gasteiger partial charge in [0.25, 0.3) is 0 Å². The van der Waals surface area contributed by atoms with Crippen molar-refractivity contribution in [3.63, 3.8) is 0 Å². The van der Waals surface area contributed by atoms with Crippen LogP contribution in [-0.4, -0.2) is 52.6 Å². The standard InChI is InChI=1S/C23H20N4O5S2/c1-27-20(17-11-33-18-7-5-4-6-16(17)18)25-26-23(27)34-12-19(28)24-15-9-13(21(29)31-2)8-14(10-15)22(30)32-3/h4-11H,12H2,1-3H3,(H,24,28). The number of rotatable bonds is 7. The van der Waals surface area contributed by atoms with Crippen LogP contribution >= 0.6 is 23.1 Å². The van der Waals surface area contributed by atoms with E-state index in [1.165, 1.54) is 44.2 Å². The van der Waals surface area contributed by atoms with Crippen LogP contribution in [0.15, 0.2) is 53.0 Å². The molecule has 0 bridgehead atoms. The predicted molar refractivity (Wildman–Crippen MR) is 130 cm³/mol. The fourth-order valence-corrected chi connectivity index (χ4v) is 4.97. The van der Waals surface area contributed by atoms with Gasteiger partial charge in [-0.3, -0.25) is 4.79 Å². The van der Waals surface area contributed by atoms with E-state index in [0.717, 1.165) is 15.6 Å². The lowest BCUT2D eigenvalue weighted by Gasteiger charge is -2.09. The lowest BCUT2D eigenvalue weighted by molar-refractivity contribution is -0.113. The Bertz CT molecular complexity index is 1360. The van der Waals surface area contributed by atoms with Crippen LogP contribution in [0.2, 0.25) is 0 Å². The molecule has 2 heterocycles. The van der Waals surface area contributed by atoms with E-state index in [-0.39, 0.29) is 28.5 Å². The first-order valence-corrected chi connectivity index (χ1v) is 11.9. The van der Waals surface area contributed by atoms with Crippen LogP contribution in [-0.2, 0) is 21.3 Å². The maximum absolute atomic E-state index is 12.6. The average Bonchev–Trinajstić information content (AvgIpc) is 3.44. The van der Waals surface area contributed by atoms with Gasteiger partial charge in [0, 0.05) is 33.8 Å². The molecule has 0 aliphatic carbocycles. The number of fused-ring (bicyclic) bond motifs is 1. The normalized spacial score (nSPS) is 10.8. The van der Waals surface area contributed by atoms with Gasteiger partial charge in [-0.15, -0.1) is 21.5 Å². The summed E-state index contributed by atoms with van der Waals surface area (Å²) in [4.78, 5) is 36.5. The van der Waals surface area contributed by atoms with E-state index in [2.05, 4.69) is 21.6 Å². The molecule has 0 unspecified atom stereocenters. The maximum Gasteiger partial charge on any atom is 0.337 e. The molecule has 11 heteroatoms. The Balaban J connectivity index is 1.48. The molecule has 34 heavy (non-hydrogen) atoms. The molecular weight excluding hydrogens is 476 g/mol. The number of carbonyl (C=O) groups is 3. The fraction of sp³-hybridized carbons (Fsp3) is 0.174. The number of esters is 2. The number of anilines is 1. The second-order valence-electron chi connectivity index (χ2n) is 7.13. The number of hydrogen-bond donors (Lipinski definition) is 1. The molecule has 0 atom stereocenters. The third kappa shape index (κ3) is 4.80. The number of hydrogen-bond acceptors (Lipinski definition) is 9. The molecule has 0 fully saturated rings. The molecule has 0 saturated heterocycles. The van der Waals surface area contributed by atoms with Gasteiger partial charge in [-0.05, 0) is 24.3 Å². The minimum absolute atomic E-state index is 0.0480.